The van der Waals surface area contributed by atoms with Crippen molar-refractivity contribution in [2.75, 3.05) is 6.54 Å². The van der Waals surface area contributed by atoms with E-state index in [1.807, 2.05) is 12.1 Å². The van der Waals surface area contributed by atoms with Crippen LogP contribution in [0.2, 0.25) is 0 Å². The Morgan fingerprint density at radius 1 is 1.57 bits per heavy atom. The third-order valence-corrected chi connectivity index (χ3v) is 2.14. The van der Waals surface area contributed by atoms with Gasteiger partial charge in [0.2, 0.25) is 0 Å². The van der Waals surface area contributed by atoms with E-state index >= 15 is 0 Å². The lowest BCUT2D eigenvalue weighted by Gasteiger charge is -2.08. The average molecular weight is 191 g/mol. The van der Waals surface area contributed by atoms with Crippen LogP contribution in [0.5, 0.6) is 0 Å². The Kier molecular flexibility index (Phi) is 3.96. The lowest BCUT2D eigenvalue weighted by molar-refractivity contribution is -0.141. The molecule has 0 fully saturated rings. The molecule has 0 saturated heterocycles. The molecular weight excluding hydrogens is 178 g/mol. The molecule has 1 rings (SSSR count). The molecule has 0 radical (unpaired) electrons. The number of hydrogen-bond donors (Lipinski definition) is 2. The van der Waals surface area contributed by atoms with Gasteiger partial charge in [-0.2, -0.15) is 0 Å². The van der Waals surface area contributed by atoms with Gasteiger partial charge >= 0.3 is 5.97 Å². The van der Waals surface area contributed by atoms with Crippen molar-refractivity contribution in [1.82, 2.24) is 0 Å². The summed E-state index contributed by atoms with van der Waals surface area (Å²) in [5.41, 5.74) is 6.42. The topological polar surface area (TPSA) is 63.3 Å². The van der Waals surface area contributed by atoms with Crippen LogP contribution in [-0.4, -0.2) is 17.6 Å². The summed E-state index contributed by atoms with van der Waals surface area (Å²) in [6, 6.07) is 11.1. The molecule has 0 aromatic heterocycles. The Labute approximate surface area is 83.6 Å². The van der Waals surface area contributed by atoms with Crippen molar-refractivity contribution in [2.45, 2.75) is 12.8 Å². The maximum atomic E-state index is 10.7. The van der Waals surface area contributed by atoms with Crippen LogP contribution in [0.1, 0.15) is 12.0 Å². The zero-order chi connectivity index (χ0) is 10.4. The van der Waals surface area contributed by atoms with Gasteiger partial charge < -0.3 is 10.8 Å². The minimum absolute atomic E-state index is 0.192. The third-order valence-electron chi connectivity index (χ3n) is 2.14. The molecule has 0 spiro atoms. The van der Waals surface area contributed by atoms with Crippen LogP contribution < -0.4 is 5.73 Å². The van der Waals surface area contributed by atoms with Crippen molar-refractivity contribution in [3.8, 4) is 0 Å². The number of rotatable bonds is 5. The number of carboxylic acids is 1. The summed E-state index contributed by atoms with van der Waals surface area (Å²) in [5.74, 6) is -1.27. The summed E-state index contributed by atoms with van der Waals surface area (Å²) in [5, 5.41) is 8.76. The summed E-state index contributed by atoms with van der Waals surface area (Å²) in [6.07, 6.45) is 1.29. The molecule has 3 N–H and O–H groups in total. The molecule has 3 nitrogen and oxygen atoms in total. The van der Waals surface area contributed by atoms with Crippen LogP contribution in [0.3, 0.4) is 0 Å². The number of aryl methyl sites for hydroxylation is 1. The molecule has 1 aromatic carbocycles. The Hall–Kier alpha value is -1.53. The highest BCUT2D eigenvalue weighted by Gasteiger charge is 2.14. The summed E-state index contributed by atoms with van der Waals surface area (Å²) >= 11 is 0. The molecule has 3 heteroatoms. The van der Waals surface area contributed by atoms with Crippen LogP contribution in [-0.2, 0) is 11.2 Å². The van der Waals surface area contributed by atoms with Crippen molar-refractivity contribution in [3.05, 3.63) is 35.9 Å². The minimum atomic E-state index is -0.820. The molecule has 1 unspecified atom stereocenters. The molecule has 0 saturated carbocycles. The van der Waals surface area contributed by atoms with Gasteiger partial charge in [-0.05, 0) is 30.5 Å². The van der Waals surface area contributed by atoms with E-state index in [0.29, 0.717) is 6.42 Å². The van der Waals surface area contributed by atoms with E-state index in [9.17, 15) is 4.79 Å². The monoisotopic (exact) mass is 191 g/mol. The third kappa shape index (κ3) is 3.08. The first-order chi connectivity index (χ1) is 6.74. The molecule has 14 heavy (non-hydrogen) atoms. The smallest absolute Gasteiger partial charge is 0.307 e. The average Bonchev–Trinajstić information content (AvgIpc) is 2.20. The Morgan fingerprint density at radius 3 is 2.86 bits per heavy atom. The van der Waals surface area contributed by atoms with Crippen LogP contribution in [0, 0.1) is 18.1 Å². The molecular formula is C11H13NO2. The second-order valence-electron chi connectivity index (χ2n) is 3.15. The first kappa shape index (κ1) is 10.6. The van der Waals surface area contributed by atoms with E-state index < -0.39 is 11.9 Å². The van der Waals surface area contributed by atoms with Gasteiger partial charge in [-0.15, -0.1) is 0 Å². The SMILES string of the molecule is NCC(CCc1cc#ccc1)C(=O)O. The number of hydrogen-bond acceptors (Lipinski definition) is 2. The molecule has 0 bridgehead atoms. The van der Waals surface area contributed by atoms with Gasteiger partial charge in [0.05, 0.1) is 5.92 Å². The summed E-state index contributed by atoms with van der Waals surface area (Å²) < 4.78 is 0. The fraction of sp³-hybridized carbons (Fsp3) is 0.364. The van der Waals surface area contributed by atoms with E-state index in [1.54, 1.807) is 6.07 Å². The summed E-state index contributed by atoms with van der Waals surface area (Å²) in [7, 11) is 0. The van der Waals surface area contributed by atoms with Gasteiger partial charge in [-0.25, -0.2) is 0 Å². The van der Waals surface area contributed by atoms with Gasteiger partial charge in [-0.1, -0.05) is 18.2 Å². The maximum absolute atomic E-state index is 10.7. The van der Waals surface area contributed by atoms with Crippen molar-refractivity contribution >= 4 is 5.97 Å². The van der Waals surface area contributed by atoms with E-state index in [4.69, 9.17) is 10.8 Å². The van der Waals surface area contributed by atoms with E-state index in [2.05, 4.69) is 12.1 Å². The molecule has 0 aliphatic carbocycles. The Bertz CT molecular complexity index is 285. The molecule has 1 aromatic rings. The number of carboxylic acid groups (broad SMARTS) is 1. The largest absolute Gasteiger partial charge is 0.481 e. The van der Waals surface area contributed by atoms with Gasteiger partial charge in [0.15, 0.2) is 0 Å². The normalized spacial score (nSPS) is 11.8. The van der Waals surface area contributed by atoms with E-state index in [0.717, 1.165) is 12.0 Å². The zero-order valence-corrected chi connectivity index (χ0v) is 7.86. The zero-order valence-electron chi connectivity index (χ0n) is 7.86. The van der Waals surface area contributed by atoms with E-state index in [-0.39, 0.29) is 6.54 Å². The fourth-order valence-corrected chi connectivity index (χ4v) is 1.22. The molecule has 0 aliphatic rings. The van der Waals surface area contributed by atoms with Gasteiger partial charge in [0.1, 0.15) is 0 Å². The second kappa shape index (κ2) is 5.25. The summed E-state index contributed by atoms with van der Waals surface area (Å²) in [4.78, 5) is 10.7. The predicted octanol–water partition coefficient (Wildman–Crippen LogP) is 0.879. The molecule has 0 aliphatic heterocycles. The lowest BCUT2D eigenvalue weighted by Crippen LogP contribution is -2.23. The van der Waals surface area contributed by atoms with Gasteiger partial charge in [0.25, 0.3) is 0 Å². The minimum Gasteiger partial charge on any atom is -0.481 e. The molecule has 1 atom stereocenters. The highest BCUT2D eigenvalue weighted by Crippen LogP contribution is 2.07. The van der Waals surface area contributed by atoms with Crippen molar-refractivity contribution in [2.24, 2.45) is 11.7 Å². The summed E-state index contributed by atoms with van der Waals surface area (Å²) in [6.45, 7) is 0.192. The molecule has 0 amide bonds. The number of carbonyl (C=O) groups is 1. The van der Waals surface area contributed by atoms with Crippen LogP contribution >= 0.6 is 0 Å². The number of aliphatic carboxylic acids is 1. The van der Waals surface area contributed by atoms with Crippen molar-refractivity contribution < 1.29 is 9.90 Å². The van der Waals surface area contributed by atoms with Crippen LogP contribution in [0.15, 0.2) is 18.2 Å². The Morgan fingerprint density at radius 2 is 2.36 bits per heavy atom. The second-order valence-corrected chi connectivity index (χ2v) is 3.15. The van der Waals surface area contributed by atoms with Gasteiger partial charge in [-0.3, -0.25) is 4.79 Å². The Balaban J connectivity index is 2.44. The van der Waals surface area contributed by atoms with Crippen molar-refractivity contribution in [1.29, 1.82) is 0 Å². The predicted molar refractivity (Wildman–Crippen MR) is 52.6 cm³/mol. The first-order valence-electron chi connectivity index (χ1n) is 4.53. The standard InChI is InChI=1S/C11H13NO2/c12-8-10(11(13)14)7-6-9-4-2-1-3-5-9/h2,4-5,10H,6-8,12H2,(H,13,14). The highest BCUT2D eigenvalue weighted by atomic mass is 16.4. The lowest BCUT2D eigenvalue weighted by atomic mass is 10.0. The highest BCUT2D eigenvalue weighted by molar-refractivity contribution is 5.70. The molecule has 0 heterocycles. The van der Waals surface area contributed by atoms with Crippen molar-refractivity contribution in [3.63, 3.8) is 0 Å². The van der Waals surface area contributed by atoms with Gasteiger partial charge in [0, 0.05) is 6.54 Å². The first-order valence-corrected chi connectivity index (χ1v) is 4.53. The maximum Gasteiger partial charge on any atom is 0.307 e. The molecule has 74 valence electrons. The van der Waals surface area contributed by atoms with Crippen LogP contribution in [0.4, 0.5) is 0 Å². The van der Waals surface area contributed by atoms with E-state index in [1.165, 1.54) is 0 Å². The number of nitrogens with two attached hydrogens (primary N) is 1. The quantitative estimate of drug-likeness (QED) is 0.726. The fourth-order valence-electron chi connectivity index (χ4n) is 1.22. The van der Waals surface area contributed by atoms with Crippen LogP contribution in [0.25, 0.3) is 0 Å².